The molecule has 0 spiro atoms. The highest BCUT2D eigenvalue weighted by atomic mass is 19.1. The number of hydrogen-bond acceptors (Lipinski definition) is 3. The molecule has 156 valence electrons. The van der Waals surface area contributed by atoms with E-state index in [1.807, 2.05) is 30.3 Å². The predicted octanol–water partition coefficient (Wildman–Crippen LogP) is 3.31. The van der Waals surface area contributed by atoms with Crippen molar-refractivity contribution in [2.45, 2.75) is 31.8 Å². The molecule has 2 aromatic carbocycles. The standard InChI is InChI=1S/C23H22F2N2O3/c24-19-13-26(23(29)27(22(19)28)12-16-7-3-1-4-8-16)20-11-18(21(20)25)15-30-14-17-9-5-2-6-10-17/h1-10,13,18,20-21H,11-12,14-15H2. The van der Waals surface area contributed by atoms with Crippen LogP contribution >= 0.6 is 0 Å². The van der Waals surface area contributed by atoms with Gasteiger partial charge in [-0.3, -0.25) is 13.9 Å². The first-order valence-electron chi connectivity index (χ1n) is 9.85. The zero-order valence-electron chi connectivity index (χ0n) is 16.3. The molecule has 1 saturated carbocycles. The molecule has 5 nitrogen and oxygen atoms in total. The Morgan fingerprint density at radius 3 is 2.23 bits per heavy atom. The SMILES string of the molecule is O=c1c(F)cn(C2CC(COCc3ccccc3)C2F)c(=O)n1Cc1ccccc1. The van der Waals surface area contributed by atoms with Crippen molar-refractivity contribution in [3.63, 3.8) is 0 Å². The molecule has 0 N–H and O–H groups in total. The van der Waals surface area contributed by atoms with Gasteiger partial charge in [-0.25, -0.2) is 9.18 Å². The van der Waals surface area contributed by atoms with Crippen LogP contribution in [-0.2, 0) is 17.9 Å². The quantitative estimate of drug-likeness (QED) is 0.598. The number of aromatic nitrogens is 2. The second-order valence-corrected chi connectivity index (χ2v) is 7.55. The zero-order chi connectivity index (χ0) is 21.1. The molecule has 3 unspecified atom stereocenters. The Balaban J connectivity index is 1.45. The van der Waals surface area contributed by atoms with Gasteiger partial charge in [0, 0.05) is 5.92 Å². The van der Waals surface area contributed by atoms with Crippen LogP contribution in [0.1, 0.15) is 23.6 Å². The first-order valence-corrected chi connectivity index (χ1v) is 9.85. The van der Waals surface area contributed by atoms with Gasteiger partial charge in [0.1, 0.15) is 6.17 Å². The molecular formula is C23H22F2N2O3. The van der Waals surface area contributed by atoms with Crippen LogP contribution in [0.5, 0.6) is 0 Å². The lowest BCUT2D eigenvalue weighted by Crippen LogP contribution is -2.50. The lowest BCUT2D eigenvalue weighted by Gasteiger charge is -2.40. The molecule has 1 aliphatic rings. The maximum Gasteiger partial charge on any atom is 0.331 e. The Bertz CT molecular complexity index is 1110. The number of nitrogens with zero attached hydrogens (tertiary/aromatic N) is 2. The second kappa shape index (κ2) is 8.75. The summed E-state index contributed by atoms with van der Waals surface area (Å²) < 4.78 is 36.4. The molecule has 30 heavy (non-hydrogen) atoms. The summed E-state index contributed by atoms with van der Waals surface area (Å²) in [7, 11) is 0. The van der Waals surface area contributed by atoms with Crippen LogP contribution in [0, 0.1) is 11.7 Å². The molecule has 0 radical (unpaired) electrons. The molecule has 3 aromatic rings. The van der Waals surface area contributed by atoms with E-state index in [2.05, 4.69) is 0 Å². The topological polar surface area (TPSA) is 53.2 Å². The fourth-order valence-electron chi connectivity index (χ4n) is 3.75. The van der Waals surface area contributed by atoms with Crippen LogP contribution < -0.4 is 11.2 Å². The molecule has 1 fully saturated rings. The van der Waals surface area contributed by atoms with Gasteiger partial charge in [-0.2, -0.15) is 4.39 Å². The summed E-state index contributed by atoms with van der Waals surface area (Å²) in [5, 5.41) is 0. The van der Waals surface area contributed by atoms with Crippen LogP contribution in [0.4, 0.5) is 8.78 Å². The van der Waals surface area contributed by atoms with Gasteiger partial charge < -0.3 is 4.74 Å². The van der Waals surface area contributed by atoms with Crippen molar-refractivity contribution in [1.29, 1.82) is 0 Å². The minimum absolute atomic E-state index is 0.0659. The largest absolute Gasteiger partial charge is 0.376 e. The van der Waals surface area contributed by atoms with Gasteiger partial charge in [0.2, 0.25) is 5.82 Å². The van der Waals surface area contributed by atoms with E-state index in [4.69, 9.17) is 4.74 Å². The molecule has 7 heteroatoms. The fourth-order valence-corrected chi connectivity index (χ4v) is 3.75. The van der Waals surface area contributed by atoms with Gasteiger partial charge in [-0.05, 0) is 17.5 Å². The summed E-state index contributed by atoms with van der Waals surface area (Å²) in [6, 6.07) is 17.6. The van der Waals surface area contributed by atoms with Crippen molar-refractivity contribution in [3.8, 4) is 0 Å². The van der Waals surface area contributed by atoms with Crippen molar-refractivity contribution >= 4 is 0 Å². The third kappa shape index (κ3) is 4.11. The van der Waals surface area contributed by atoms with Crippen LogP contribution in [-0.4, -0.2) is 21.9 Å². The highest BCUT2D eigenvalue weighted by molar-refractivity contribution is 5.15. The van der Waals surface area contributed by atoms with Crippen molar-refractivity contribution in [2.75, 3.05) is 6.61 Å². The first kappa shape index (κ1) is 20.2. The van der Waals surface area contributed by atoms with E-state index in [1.165, 1.54) is 0 Å². The van der Waals surface area contributed by atoms with E-state index >= 15 is 0 Å². The number of ether oxygens (including phenoxy) is 1. The third-order valence-corrected chi connectivity index (χ3v) is 5.50. The summed E-state index contributed by atoms with van der Waals surface area (Å²) in [6.45, 7) is 0.530. The summed E-state index contributed by atoms with van der Waals surface area (Å²) >= 11 is 0. The predicted molar refractivity (Wildman–Crippen MR) is 109 cm³/mol. The van der Waals surface area contributed by atoms with Gasteiger partial charge in [0.15, 0.2) is 0 Å². The third-order valence-electron chi connectivity index (χ3n) is 5.50. The van der Waals surface area contributed by atoms with E-state index in [-0.39, 0.29) is 19.1 Å². The Morgan fingerprint density at radius 2 is 1.60 bits per heavy atom. The normalized spacial score (nSPS) is 20.7. The highest BCUT2D eigenvalue weighted by Gasteiger charge is 2.43. The summed E-state index contributed by atoms with van der Waals surface area (Å²) in [6.07, 6.45) is -0.177. The Labute approximate surface area is 172 Å². The number of benzene rings is 2. The lowest BCUT2D eigenvalue weighted by atomic mass is 9.78. The van der Waals surface area contributed by atoms with Crippen molar-refractivity contribution in [3.05, 3.63) is 105 Å². The monoisotopic (exact) mass is 412 g/mol. The molecule has 0 saturated heterocycles. The maximum absolute atomic E-state index is 14.8. The Kier molecular flexibility index (Phi) is 5.90. The molecule has 0 amide bonds. The average Bonchev–Trinajstić information content (AvgIpc) is 2.77. The summed E-state index contributed by atoms with van der Waals surface area (Å²) in [5.41, 5.74) is -0.0272. The van der Waals surface area contributed by atoms with E-state index in [0.29, 0.717) is 18.6 Å². The molecule has 1 aromatic heterocycles. The van der Waals surface area contributed by atoms with Crippen molar-refractivity contribution in [1.82, 2.24) is 9.13 Å². The number of hydrogen-bond donors (Lipinski definition) is 0. The van der Waals surface area contributed by atoms with Crippen LogP contribution in [0.2, 0.25) is 0 Å². The van der Waals surface area contributed by atoms with E-state index in [9.17, 15) is 18.4 Å². The van der Waals surface area contributed by atoms with Gasteiger partial charge in [0.25, 0.3) is 5.56 Å². The Hall–Kier alpha value is -3.06. The molecule has 1 heterocycles. The Morgan fingerprint density at radius 1 is 0.967 bits per heavy atom. The lowest BCUT2D eigenvalue weighted by molar-refractivity contribution is -0.0322. The van der Waals surface area contributed by atoms with Crippen molar-refractivity contribution in [2.24, 2.45) is 5.92 Å². The molecule has 0 aliphatic heterocycles. The summed E-state index contributed by atoms with van der Waals surface area (Å²) in [4.78, 5) is 25.0. The number of alkyl halides is 1. The smallest absolute Gasteiger partial charge is 0.331 e. The van der Waals surface area contributed by atoms with Crippen LogP contribution in [0.25, 0.3) is 0 Å². The maximum atomic E-state index is 14.8. The second-order valence-electron chi connectivity index (χ2n) is 7.55. The zero-order valence-corrected chi connectivity index (χ0v) is 16.3. The highest BCUT2D eigenvalue weighted by Crippen LogP contribution is 2.40. The van der Waals surface area contributed by atoms with Gasteiger partial charge >= 0.3 is 5.69 Å². The minimum Gasteiger partial charge on any atom is -0.376 e. The molecule has 1 aliphatic carbocycles. The van der Waals surface area contributed by atoms with Crippen molar-refractivity contribution < 1.29 is 13.5 Å². The van der Waals surface area contributed by atoms with Gasteiger partial charge in [0.05, 0.1) is 32.0 Å². The van der Waals surface area contributed by atoms with E-state index in [1.54, 1.807) is 30.3 Å². The number of rotatable bonds is 7. The fraction of sp³-hybridized carbons (Fsp3) is 0.304. The summed E-state index contributed by atoms with van der Waals surface area (Å²) in [5.74, 6) is -1.44. The van der Waals surface area contributed by atoms with E-state index in [0.717, 1.165) is 20.9 Å². The van der Waals surface area contributed by atoms with Gasteiger partial charge in [-0.15, -0.1) is 0 Å². The molecule has 4 rings (SSSR count). The minimum atomic E-state index is -1.35. The van der Waals surface area contributed by atoms with Gasteiger partial charge in [-0.1, -0.05) is 60.7 Å². The molecular weight excluding hydrogens is 390 g/mol. The number of halogens is 2. The molecule has 3 atom stereocenters. The van der Waals surface area contributed by atoms with Crippen LogP contribution in [0.3, 0.4) is 0 Å². The van der Waals surface area contributed by atoms with Crippen LogP contribution in [0.15, 0.2) is 76.4 Å². The average molecular weight is 412 g/mol. The van der Waals surface area contributed by atoms with E-state index < -0.39 is 29.3 Å². The molecule has 0 bridgehead atoms. The first-order chi connectivity index (χ1) is 14.5.